The van der Waals surface area contributed by atoms with E-state index in [1.54, 1.807) is 0 Å². The second kappa shape index (κ2) is 5.49. The number of fused-ring (bicyclic) bond motifs is 1. The molecule has 2 aliphatic carbocycles. The molecule has 0 atom stereocenters. The highest BCUT2D eigenvalue weighted by molar-refractivity contribution is 5.84. The summed E-state index contributed by atoms with van der Waals surface area (Å²) in [5.74, 6) is 1.95. The van der Waals surface area contributed by atoms with Crippen LogP contribution in [0, 0.1) is 0 Å². The lowest BCUT2D eigenvalue weighted by Crippen LogP contribution is -2.15. The fourth-order valence-electron chi connectivity index (χ4n) is 3.23. The molecule has 2 fully saturated rings. The topological polar surface area (TPSA) is 25.2 Å². The van der Waals surface area contributed by atoms with Crippen molar-refractivity contribution in [2.75, 3.05) is 0 Å². The highest BCUT2D eigenvalue weighted by atomic mass is 16.3. The molecule has 0 saturated heterocycles. The zero-order valence-electron chi connectivity index (χ0n) is 13.0. The Morgan fingerprint density at radius 1 is 1.19 bits per heavy atom. The maximum atomic E-state index is 6.18. The molecule has 112 valence electrons. The monoisotopic (exact) mass is 283 g/mol. The Morgan fingerprint density at radius 2 is 2.05 bits per heavy atom. The minimum Gasteiger partial charge on any atom is -0.459 e. The molecule has 4 rings (SSSR count). The van der Waals surface area contributed by atoms with Crippen molar-refractivity contribution >= 4 is 11.0 Å². The zero-order chi connectivity index (χ0) is 14.2. The first-order valence-electron chi connectivity index (χ1n) is 8.62. The summed E-state index contributed by atoms with van der Waals surface area (Å²) < 4.78 is 6.18. The Hall–Kier alpha value is -1.28. The Morgan fingerprint density at radius 3 is 2.76 bits per heavy atom. The third-order valence-electron chi connectivity index (χ3n) is 4.80. The van der Waals surface area contributed by atoms with Crippen LogP contribution in [-0.4, -0.2) is 6.04 Å². The minimum absolute atomic E-state index is 0.741. The number of unbranched alkanes of at least 4 members (excludes halogenated alkanes) is 1. The maximum Gasteiger partial charge on any atom is 0.134 e. The lowest BCUT2D eigenvalue weighted by atomic mass is 10.0. The number of hydrogen-bond donors (Lipinski definition) is 1. The van der Waals surface area contributed by atoms with Gasteiger partial charge in [0.1, 0.15) is 11.3 Å². The Kier molecular flexibility index (Phi) is 3.50. The van der Waals surface area contributed by atoms with Crippen molar-refractivity contribution in [2.24, 2.45) is 0 Å². The summed E-state index contributed by atoms with van der Waals surface area (Å²) in [7, 11) is 0. The van der Waals surface area contributed by atoms with E-state index in [2.05, 4.69) is 30.4 Å². The molecule has 0 bridgehead atoms. The number of aryl methyl sites for hydroxylation is 1. The van der Waals surface area contributed by atoms with E-state index >= 15 is 0 Å². The molecule has 1 heterocycles. The summed E-state index contributed by atoms with van der Waals surface area (Å²) in [5, 5.41) is 5.00. The molecule has 0 amide bonds. The molecule has 2 saturated carbocycles. The van der Waals surface area contributed by atoms with E-state index in [1.165, 1.54) is 67.2 Å². The van der Waals surface area contributed by atoms with Crippen LogP contribution in [0.15, 0.2) is 22.6 Å². The highest BCUT2D eigenvalue weighted by Gasteiger charge is 2.31. The van der Waals surface area contributed by atoms with Gasteiger partial charge in [0, 0.05) is 17.0 Å². The molecule has 2 aliphatic rings. The Labute approximate surface area is 126 Å². The third-order valence-corrected chi connectivity index (χ3v) is 4.80. The third kappa shape index (κ3) is 2.87. The summed E-state index contributed by atoms with van der Waals surface area (Å²) >= 11 is 0. The molecule has 0 unspecified atom stereocenters. The van der Waals surface area contributed by atoms with E-state index < -0.39 is 0 Å². The van der Waals surface area contributed by atoms with Crippen LogP contribution in [0.25, 0.3) is 11.0 Å². The van der Waals surface area contributed by atoms with Crippen LogP contribution in [-0.2, 0) is 13.0 Å². The van der Waals surface area contributed by atoms with Crippen molar-refractivity contribution in [3.63, 3.8) is 0 Å². The fraction of sp³-hybridized carbons (Fsp3) is 0.579. The average molecular weight is 283 g/mol. The first-order valence-corrected chi connectivity index (χ1v) is 8.62. The second-order valence-electron chi connectivity index (χ2n) is 6.80. The van der Waals surface area contributed by atoms with Crippen LogP contribution in [0.3, 0.4) is 0 Å². The zero-order valence-corrected chi connectivity index (χ0v) is 13.0. The van der Waals surface area contributed by atoms with Gasteiger partial charge in [0.15, 0.2) is 0 Å². The van der Waals surface area contributed by atoms with Gasteiger partial charge < -0.3 is 9.73 Å². The van der Waals surface area contributed by atoms with Crippen molar-refractivity contribution in [3.8, 4) is 0 Å². The predicted octanol–water partition coefficient (Wildman–Crippen LogP) is 4.90. The molecule has 1 N–H and O–H groups in total. The molecular formula is C19H25NO. The number of hydrogen-bond acceptors (Lipinski definition) is 2. The van der Waals surface area contributed by atoms with E-state index in [9.17, 15) is 0 Å². The lowest BCUT2D eigenvalue weighted by molar-refractivity contribution is 0.506. The summed E-state index contributed by atoms with van der Waals surface area (Å²) in [6, 6.07) is 7.57. The minimum atomic E-state index is 0.741. The summed E-state index contributed by atoms with van der Waals surface area (Å²) in [6.07, 6.45) is 9.07. The SMILES string of the molecule is CCCCc1ccc2oc(CNC3CC3)c(C3CC3)c2c1. The standard InChI is InChI=1S/C19H25NO/c1-2-3-4-13-5-10-17-16(11-13)19(14-6-7-14)18(21-17)12-20-15-8-9-15/h5,10-11,14-15,20H,2-4,6-9,12H2,1H3. The normalized spacial score (nSPS) is 18.5. The van der Waals surface area contributed by atoms with Crippen LogP contribution in [0.4, 0.5) is 0 Å². The van der Waals surface area contributed by atoms with Crippen molar-refractivity contribution in [1.29, 1.82) is 0 Å². The van der Waals surface area contributed by atoms with Crippen LogP contribution in [0.2, 0.25) is 0 Å². The molecule has 0 radical (unpaired) electrons. The van der Waals surface area contributed by atoms with Crippen molar-refractivity contribution in [1.82, 2.24) is 5.32 Å². The molecule has 21 heavy (non-hydrogen) atoms. The second-order valence-corrected chi connectivity index (χ2v) is 6.80. The first kappa shape index (κ1) is 13.4. The quantitative estimate of drug-likeness (QED) is 0.781. The summed E-state index contributed by atoms with van der Waals surface area (Å²) in [4.78, 5) is 0. The smallest absolute Gasteiger partial charge is 0.134 e. The van der Waals surface area contributed by atoms with Crippen LogP contribution in [0.1, 0.15) is 68.3 Å². The van der Waals surface area contributed by atoms with Gasteiger partial charge in [-0.2, -0.15) is 0 Å². The maximum absolute atomic E-state index is 6.18. The van der Waals surface area contributed by atoms with Crippen molar-refractivity contribution < 1.29 is 4.42 Å². The van der Waals surface area contributed by atoms with Crippen LogP contribution in [0.5, 0.6) is 0 Å². The van der Waals surface area contributed by atoms with E-state index in [4.69, 9.17) is 4.42 Å². The largest absolute Gasteiger partial charge is 0.459 e. The number of rotatable bonds is 7. The Balaban J connectivity index is 1.66. The number of benzene rings is 1. The van der Waals surface area contributed by atoms with Crippen LogP contribution >= 0.6 is 0 Å². The molecule has 2 heteroatoms. The molecule has 2 aromatic rings. The van der Waals surface area contributed by atoms with Gasteiger partial charge in [0.05, 0.1) is 6.54 Å². The van der Waals surface area contributed by atoms with Crippen molar-refractivity contribution in [2.45, 2.75) is 70.4 Å². The number of nitrogens with one attached hydrogen (secondary N) is 1. The molecule has 1 aromatic carbocycles. The molecule has 0 spiro atoms. The van der Waals surface area contributed by atoms with Gasteiger partial charge in [-0.3, -0.25) is 0 Å². The van der Waals surface area contributed by atoms with E-state index in [1.807, 2.05) is 0 Å². The van der Waals surface area contributed by atoms with Crippen molar-refractivity contribution in [3.05, 3.63) is 35.1 Å². The highest BCUT2D eigenvalue weighted by Crippen LogP contribution is 2.46. The summed E-state index contributed by atoms with van der Waals surface area (Å²) in [5.41, 5.74) is 4.06. The van der Waals surface area contributed by atoms with Gasteiger partial charge in [-0.15, -0.1) is 0 Å². The van der Waals surface area contributed by atoms with Gasteiger partial charge in [-0.25, -0.2) is 0 Å². The van der Waals surface area contributed by atoms with E-state index in [0.29, 0.717) is 0 Å². The fourth-order valence-corrected chi connectivity index (χ4v) is 3.23. The predicted molar refractivity (Wildman–Crippen MR) is 86.7 cm³/mol. The molecular weight excluding hydrogens is 258 g/mol. The van der Waals surface area contributed by atoms with Gasteiger partial charge in [0.25, 0.3) is 0 Å². The van der Waals surface area contributed by atoms with Gasteiger partial charge >= 0.3 is 0 Å². The lowest BCUT2D eigenvalue weighted by Gasteiger charge is -2.03. The van der Waals surface area contributed by atoms with Gasteiger partial charge in [-0.1, -0.05) is 19.4 Å². The van der Waals surface area contributed by atoms with Crippen LogP contribution < -0.4 is 5.32 Å². The molecule has 2 nitrogen and oxygen atoms in total. The average Bonchev–Trinajstić information content (AvgIpc) is 3.41. The number of furan rings is 1. The molecule has 1 aromatic heterocycles. The van der Waals surface area contributed by atoms with Gasteiger partial charge in [-0.05, 0) is 62.1 Å². The van der Waals surface area contributed by atoms with Gasteiger partial charge in [0.2, 0.25) is 0 Å². The molecule has 0 aliphatic heterocycles. The first-order chi connectivity index (χ1) is 10.3. The summed E-state index contributed by atoms with van der Waals surface area (Å²) in [6.45, 7) is 3.17. The Bertz CT molecular complexity index is 634. The van der Waals surface area contributed by atoms with E-state index in [0.717, 1.165) is 24.1 Å². The van der Waals surface area contributed by atoms with E-state index in [-0.39, 0.29) is 0 Å².